The molecule has 1 aromatic carbocycles. The van der Waals surface area contributed by atoms with Gasteiger partial charge in [0.1, 0.15) is 11.4 Å². The zero-order chi connectivity index (χ0) is 13.0. The number of ether oxygens (including phenoxy) is 2. The van der Waals surface area contributed by atoms with Crippen molar-refractivity contribution in [3.05, 3.63) is 30.6 Å². The molecule has 2 rings (SSSR count). The van der Waals surface area contributed by atoms with Crippen LogP contribution in [-0.2, 0) is 7.05 Å². The Kier molecular flexibility index (Phi) is 3.72. The third-order valence-electron chi connectivity index (χ3n) is 2.40. The van der Waals surface area contributed by atoms with Crippen molar-refractivity contribution < 1.29 is 9.47 Å². The Labute approximate surface area is 106 Å². The van der Waals surface area contributed by atoms with Crippen LogP contribution >= 0.6 is 0 Å². The van der Waals surface area contributed by atoms with Crippen molar-refractivity contribution in [1.29, 1.82) is 0 Å². The largest absolute Gasteiger partial charge is 0.491 e. The summed E-state index contributed by atoms with van der Waals surface area (Å²) in [7, 11) is 1.83. The van der Waals surface area contributed by atoms with Crippen LogP contribution in [0, 0.1) is 0 Å². The van der Waals surface area contributed by atoms with Crippen LogP contribution in [-0.4, -0.2) is 16.4 Å². The average molecular weight is 247 g/mol. The Morgan fingerprint density at radius 1 is 1.33 bits per heavy atom. The molecule has 0 aliphatic carbocycles. The summed E-state index contributed by atoms with van der Waals surface area (Å²) in [5.41, 5.74) is 6.51. The van der Waals surface area contributed by atoms with Crippen LogP contribution in [0.1, 0.15) is 13.3 Å². The predicted molar refractivity (Wildman–Crippen MR) is 69.9 cm³/mol. The number of anilines is 1. The molecule has 0 spiro atoms. The van der Waals surface area contributed by atoms with E-state index in [4.69, 9.17) is 15.2 Å². The molecule has 2 N–H and O–H groups in total. The lowest BCUT2D eigenvalue weighted by Gasteiger charge is -2.11. The summed E-state index contributed by atoms with van der Waals surface area (Å²) >= 11 is 0. The summed E-state index contributed by atoms with van der Waals surface area (Å²) in [6, 6.07) is 5.50. The van der Waals surface area contributed by atoms with Crippen molar-refractivity contribution in [3.8, 4) is 17.2 Å². The van der Waals surface area contributed by atoms with E-state index < -0.39 is 0 Å². The van der Waals surface area contributed by atoms with E-state index in [1.54, 1.807) is 23.1 Å². The van der Waals surface area contributed by atoms with Crippen LogP contribution in [0.4, 0.5) is 5.69 Å². The van der Waals surface area contributed by atoms with Gasteiger partial charge in [-0.15, -0.1) is 0 Å². The van der Waals surface area contributed by atoms with E-state index in [0.29, 0.717) is 29.5 Å². The summed E-state index contributed by atoms with van der Waals surface area (Å²) in [5, 5.41) is 4.03. The zero-order valence-corrected chi connectivity index (χ0v) is 10.6. The second-order valence-electron chi connectivity index (χ2n) is 3.97. The summed E-state index contributed by atoms with van der Waals surface area (Å²) in [6.45, 7) is 2.69. The van der Waals surface area contributed by atoms with Gasteiger partial charge in [0.15, 0.2) is 11.5 Å². The molecule has 0 unspecified atom stereocenters. The van der Waals surface area contributed by atoms with Crippen LogP contribution in [0.5, 0.6) is 17.2 Å². The van der Waals surface area contributed by atoms with Crippen molar-refractivity contribution in [2.75, 3.05) is 12.3 Å². The Bertz CT molecular complexity index is 523. The molecule has 0 amide bonds. The van der Waals surface area contributed by atoms with Gasteiger partial charge in [-0.1, -0.05) is 13.0 Å². The standard InChI is InChI=1S/C13H17N3O2/c1-3-7-17-11-5-4-6-12(13(11)14)18-10-8-15-16(2)9-10/h4-6,8-9H,3,7,14H2,1-2H3. The molecule has 96 valence electrons. The number of hydrogen-bond acceptors (Lipinski definition) is 4. The molecule has 0 aliphatic heterocycles. The SMILES string of the molecule is CCCOc1cccc(Oc2cnn(C)c2)c1N. The summed E-state index contributed by atoms with van der Waals surface area (Å²) in [4.78, 5) is 0. The van der Waals surface area contributed by atoms with E-state index >= 15 is 0 Å². The molecule has 1 aromatic heterocycles. The molecule has 0 atom stereocenters. The normalized spacial score (nSPS) is 10.3. The fourth-order valence-electron chi connectivity index (χ4n) is 1.53. The van der Waals surface area contributed by atoms with Crippen molar-refractivity contribution >= 4 is 5.69 Å². The Hall–Kier alpha value is -2.17. The maximum absolute atomic E-state index is 6.00. The summed E-state index contributed by atoms with van der Waals surface area (Å²) < 4.78 is 12.9. The fraction of sp³-hybridized carbons (Fsp3) is 0.308. The van der Waals surface area contributed by atoms with Crippen LogP contribution < -0.4 is 15.2 Å². The van der Waals surface area contributed by atoms with E-state index in [2.05, 4.69) is 5.10 Å². The molecule has 5 heteroatoms. The number of aryl methyl sites for hydroxylation is 1. The second-order valence-corrected chi connectivity index (χ2v) is 3.97. The van der Waals surface area contributed by atoms with Gasteiger partial charge in [-0.2, -0.15) is 5.10 Å². The molecule has 5 nitrogen and oxygen atoms in total. The highest BCUT2D eigenvalue weighted by molar-refractivity contribution is 5.63. The van der Waals surface area contributed by atoms with Crippen molar-refractivity contribution in [2.24, 2.45) is 7.05 Å². The highest BCUT2D eigenvalue weighted by Crippen LogP contribution is 2.34. The predicted octanol–water partition coefficient (Wildman–Crippen LogP) is 2.58. The number of hydrogen-bond donors (Lipinski definition) is 1. The van der Waals surface area contributed by atoms with Crippen LogP contribution in [0.25, 0.3) is 0 Å². The summed E-state index contributed by atoms with van der Waals surface area (Å²) in [5.74, 6) is 1.88. The minimum Gasteiger partial charge on any atom is -0.491 e. The van der Waals surface area contributed by atoms with Gasteiger partial charge in [-0.05, 0) is 18.6 Å². The Morgan fingerprint density at radius 2 is 2.11 bits per heavy atom. The van der Waals surface area contributed by atoms with Gasteiger partial charge in [0, 0.05) is 7.05 Å². The highest BCUT2D eigenvalue weighted by atomic mass is 16.5. The molecular formula is C13H17N3O2. The Morgan fingerprint density at radius 3 is 2.78 bits per heavy atom. The molecule has 0 bridgehead atoms. The van der Waals surface area contributed by atoms with Gasteiger partial charge in [-0.25, -0.2) is 0 Å². The lowest BCUT2D eigenvalue weighted by molar-refractivity contribution is 0.318. The molecule has 0 fully saturated rings. The Balaban J connectivity index is 2.17. The number of rotatable bonds is 5. The van der Waals surface area contributed by atoms with Gasteiger partial charge < -0.3 is 15.2 Å². The molecule has 0 aliphatic rings. The molecule has 18 heavy (non-hydrogen) atoms. The molecule has 2 aromatic rings. The average Bonchev–Trinajstić information content (AvgIpc) is 2.76. The molecule has 0 radical (unpaired) electrons. The number of nitrogen functional groups attached to an aromatic ring is 1. The molecule has 1 heterocycles. The van der Waals surface area contributed by atoms with Crippen molar-refractivity contribution in [1.82, 2.24) is 9.78 Å². The number of para-hydroxylation sites is 1. The molecule has 0 saturated carbocycles. The number of nitrogens with two attached hydrogens (primary N) is 1. The summed E-state index contributed by atoms with van der Waals surface area (Å²) in [6.07, 6.45) is 4.35. The lowest BCUT2D eigenvalue weighted by atomic mass is 10.2. The third kappa shape index (κ3) is 2.74. The van der Waals surface area contributed by atoms with E-state index in [1.807, 2.05) is 26.1 Å². The van der Waals surface area contributed by atoms with Crippen LogP contribution in [0.2, 0.25) is 0 Å². The number of nitrogens with zero attached hydrogens (tertiary/aromatic N) is 2. The monoisotopic (exact) mass is 247 g/mol. The third-order valence-corrected chi connectivity index (χ3v) is 2.40. The lowest BCUT2D eigenvalue weighted by Crippen LogP contribution is -2.00. The van der Waals surface area contributed by atoms with Gasteiger partial charge in [-0.3, -0.25) is 4.68 Å². The first-order valence-corrected chi connectivity index (χ1v) is 5.88. The zero-order valence-electron chi connectivity index (χ0n) is 10.6. The topological polar surface area (TPSA) is 62.3 Å². The first-order valence-electron chi connectivity index (χ1n) is 5.88. The van der Waals surface area contributed by atoms with Gasteiger partial charge >= 0.3 is 0 Å². The van der Waals surface area contributed by atoms with Gasteiger partial charge in [0.2, 0.25) is 0 Å². The quantitative estimate of drug-likeness (QED) is 0.825. The second kappa shape index (κ2) is 5.44. The minimum atomic E-state index is 0.509. The fourth-order valence-corrected chi connectivity index (χ4v) is 1.53. The maximum atomic E-state index is 6.00. The van der Waals surface area contributed by atoms with Crippen LogP contribution in [0.15, 0.2) is 30.6 Å². The van der Waals surface area contributed by atoms with Gasteiger partial charge in [0.25, 0.3) is 0 Å². The van der Waals surface area contributed by atoms with E-state index in [0.717, 1.165) is 6.42 Å². The van der Waals surface area contributed by atoms with Crippen molar-refractivity contribution in [2.45, 2.75) is 13.3 Å². The first-order chi connectivity index (χ1) is 8.70. The van der Waals surface area contributed by atoms with E-state index in [9.17, 15) is 0 Å². The molecule has 0 saturated heterocycles. The highest BCUT2D eigenvalue weighted by Gasteiger charge is 2.08. The van der Waals surface area contributed by atoms with Crippen molar-refractivity contribution in [3.63, 3.8) is 0 Å². The maximum Gasteiger partial charge on any atom is 0.165 e. The number of benzene rings is 1. The smallest absolute Gasteiger partial charge is 0.165 e. The first kappa shape index (κ1) is 12.3. The molecular weight excluding hydrogens is 230 g/mol. The van der Waals surface area contributed by atoms with Crippen LogP contribution in [0.3, 0.4) is 0 Å². The van der Waals surface area contributed by atoms with E-state index in [1.165, 1.54) is 0 Å². The van der Waals surface area contributed by atoms with E-state index in [-0.39, 0.29) is 0 Å². The number of aromatic nitrogens is 2. The van der Waals surface area contributed by atoms with Gasteiger partial charge in [0.05, 0.1) is 19.0 Å². The minimum absolute atomic E-state index is 0.509.